The van der Waals surface area contributed by atoms with Gasteiger partial charge in [-0.05, 0) is 61.9 Å². The summed E-state index contributed by atoms with van der Waals surface area (Å²) in [6, 6.07) is 17.7. The van der Waals surface area contributed by atoms with Crippen molar-refractivity contribution in [3.8, 4) is 5.75 Å². The van der Waals surface area contributed by atoms with Crippen LogP contribution in [-0.2, 0) is 13.0 Å². The van der Waals surface area contributed by atoms with Crippen LogP contribution in [0.15, 0.2) is 82.3 Å². The summed E-state index contributed by atoms with van der Waals surface area (Å²) >= 11 is 3.37. The lowest BCUT2D eigenvalue weighted by Gasteiger charge is -2.29. The highest BCUT2D eigenvalue weighted by Gasteiger charge is 2.30. The van der Waals surface area contributed by atoms with Gasteiger partial charge in [0.2, 0.25) is 0 Å². The van der Waals surface area contributed by atoms with E-state index >= 15 is 0 Å². The summed E-state index contributed by atoms with van der Waals surface area (Å²) in [5, 5.41) is 0. The molecule has 35 heavy (non-hydrogen) atoms. The first-order valence-corrected chi connectivity index (χ1v) is 12.0. The molecule has 5 rings (SSSR count). The van der Waals surface area contributed by atoms with Crippen LogP contribution >= 0.6 is 15.9 Å². The highest BCUT2D eigenvalue weighted by atomic mass is 79.9. The number of fused-ring (bicyclic) bond motifs is 1. The molecule has 176 valence electrons. The van der Waals surface area contributed by atoms with E-state index in [1.165, 1.54) is 0 Å². The van der Waals surface area contributed by atoms with Crippen LogP contribution in [0.2, 0.25) is 0 Å². The van der Waals surface area contributed by atoms with Gasteiger partial charge in [0.05, 0.1) is 23.6 Å². The number of pyridine rings is 2. The standard InChI is InChI=1S/C26H22BrN5O3/c1-17-30-23-16-31(26(34)35-19-10-8-18(27)9-11-19)15-12-20(23)25(33)32(17)24(21-6-2-4-13-28-21)22-7-3-5-14-29-22/h2-11,13-14,24H,12,15-16H2,1H3. The van der Waals surface area contributed by atoms with Crippen molar-refractivity contribution in [2.45, 2.75) is 25.9 Å². The molecule has 4 aromatic rings. The van der Waals surface area contributed by atoms with Crippen LogP contribution in [0.5, 0.6) is 5.75 Å². The third kappa shape index (κ3) is 4.72. The van der Waals surface area contributed by atoms with E-state index in [0.717, 1.165) is 4.47 Å². The number of aryl methyl sites for hydroxylation is 1. The van der Waals surface area contributed by atoms with E-state index in [4.69, 9.17) is 9.72 Å². The van der Waals surface area contributed by atoms with Gasteiger partial charge >= 0.3 is 6.09 Å². The number of amides is 1. The smallest absolute Gasteiger partial charge is 0.410 e. The molecule has 1 aliphatic rings. The molecule has 1 aliphatic heterocycles. The van der Waals surface area contributed by atoms with Crippen LogP contribution in [0.1, 0.15) is 34.5 Å². The molecule has 0 N–H and O–H groups in total. The average molecular weight is 532 g/mol. The Bertz CT molecular complexity index is 1370. The van der Waals surface area contributed by atoms with Crippen molar-refractivity contribution < 1.29 is 9.53 Å². The minimum atomic E-state index is -0.511. The topological polar surface area (TPSA) is 90.2 Å². The molecular formula is C26H22BrN5O3. The number of benzene rings is 1. The molecule has 1 amide bonds. The molecule has 0 aliphatic carbocycles. The summed E-state index contributed by atoms with van der Waals surface area (Å²) in [4.78, 5) is 41.8. The van der Waals surface area contributed by atoms with Crippen LogP contribution in [0.4, 0.5) is 4.79 Å². The van der Waals surface area contributed by atoms with Gasteiger partial charge in [-0.15, -0.1) is 0 Å². The van der Waals surface area contributed by atoms with E-state index in [1.54, 1.807) is 53.0 Å². The second kappa shape index (κ2) is 9.79. The highest BCUT2D eigenvalue weighted by Crippen LogP contribution is 2.25. The van der Waals surface area contributed by atoms with Gasteiger partial charge in [0.15, 0.2) is 0 Å². The zero-order valence-electron chi connectivity index (χ0n) is 19.0. The maximum atomic E-state index is 13.8. The number of hydrogen-bond donors (Lipinski definition) is 0. The number of hydrogen-bond acceptors (Lipinski definition) is 6. The van der Waals surface area contributed by atoms with Crippen molar-refractivity contribution >= 4 is 22.0 Å². The summed E-state index contributed by atoms with van der Waals surface area (Å²) in [7, 11) is 0. The monoisotopic (exact) mass is 531 g/mol. The predicted molar refractivity (Wildman–Crippen MR) is 133 cm³/mol. The van der Waals surface area contributed by atoms with Gasteiger partial charge in [0.25, 0.3) is 5.56 Å². The van der Waals surface area contributed by atoms with E-state index in [-0.39, 0.29) is 12.1 Å². The number of halogens is 1. The van der Waals surface area contributed by atoms with Gasteiger partial charge in [-0.3, -0.25) is 19.3 Å². The molecular weight excluding hydrogens is 510 g/mol. The molecule has 8 nitrogen and oxygen atoms in total. The third-order valence-corrected chi connectivity index (χ3v) is 6.44. The Balaban J connectivity index is 1.48. The number of rotatable bonds is 4. The van der Waals surface area contributed by atoms with Gasteiger partial charge in [0.1, 0.15) is 17.6 Å². The van der Waals surface area contributed by atoms with E-state index in [2.05, 4.69) is 25.9 Å². The van der Waals surface area contributed by atoms with Gasteiger partial charge in [-0.1, -0.05) is 28.1 Å². The van der Waals surface area contributed by atoms with Crippen LogP contribution in [0, 0.1) is 6.92 Å². The van der Waals surface area contributed by atoms with Crippen molar-refractivity contribution in [1.82, 2.24) is 24.4 Å². The highest BCUT2D eigenvalue weighted by molar-refractivity contribution is 9.10. The molecule has 0 fully saturated rings. The molecule has 0 atom stereocenters. The number of aromatic nitrogens is 4. The fraction of sp³-hybridized carbons (Fsp3) is 0.192. The molecule has 0 saturated heterocycles. The quantitative estimate of drug-likeness (QED) is 0.390. The lowest BCUT2D eigenvalue weighted by molar-refractivity contribution is 0.145. The number of carbonyl (C=O) groups is 1. The van der Waals surface area contributed by atoms with Crippen molar-refractivity contribution in [2.75, 3.05) is 6.54 Å². The van der Waals surface area contributed by atoms with Crippen molar-refractivity contribution in [3.05, 3.63) is 116 Å². The minimum absolute atomic E-state index is 0.144. The third-order valence-electron chi connectivity index (χ3n) is 5.91. The second-order valence-electron chi connectivity index (χ2n) is 8.16. The summed E-state index contributed by atoms with van der Waals surface area (Å²) in [5.41, 5.74) is 2.45. The average Bonchev–Trinajstić information content (AvgIpc) is 2.88. The Hall–Kier alpha value is -3.85. The lowest BCUT2D eigenvalue weighted by Crippen LogP contribution is -2.43. The maximum absolute atomic E-state index is 13.8. The molecule has 3 aromatic heterocycles. The first-order chi connectivity index (χ1) is 17.0. The van der Waals surface area contributed by atoms with Crippen molar-refractivity contribution in [1.29, 1.82) is 0 Å². The first kappa shape index (κ1) is 22.9. The predicted octanol–water partition coefficient (Wildman–Crippen LogP) is 4.30. The van der Waals surface area contributed by atoms with Crippen molar-refractivity contribution in [3.63, 3.8) is 0 Å². The molecule has 0 bridgehead atoms. The Kier molecular flexibility index (Phi) is 6.41. The Labute approximate surface area is 210 Å². The largest absolute Gasteiger partial charge is 0.415 e. The van der Waals surface area contributed by atoms with Gasteiger partial charge in [-0.2, -0.15) is 0 Å². The second-order valence-corrected chi connectivity index (χ2v) is 9.08. The fourth-order valence-electron chi connectivity index (χ4n) is 4.24. The first-order valence-electron chi connectivity index (χ1n) is 11.2. The molecule has 0 spiro atoms. The maximum Gasteiger partial charge on any atom is 0.415 e. The zero-order valence-corrected chi connectivity index (χ0v) is 20.6. The van der Waals surface area contributed by atoms with Gasteiger partial charge in [0, 0.05) is 29.0 Å². The molecule has 1 aromatic carbocycles. The summed E-state index contributed by atoms with van der Waals surface area (Å²) < 4.78 is 8.05. The fourth-order valence-corrected chi connectivity index (χ4v) is 4.50. The molecule has 0 saturated carbocycles. The van der Waals surface area contributed by atoms with Crippen LogP contribution in [0.25, 0.3) is 0 Å². The Morgan fingerprint density at radius 2 is 1.66 bits per heavy atom. The summed E-state index contributed by atoms with van der Waals surface area (Å²) in [5.74, 6) is 0.982. The van der Waals surface area contributed by atoms with E-state index in [0.29, 0.717) is 47.2 Å². The number of ether oxygens (including phenoxy) is 1. The number of carbonyl (C=O) groups excluding carboxylic acids is 1. The molecule has 0 radical (unpaired) electrons. The van der Waals surface area contributed by atoms with Crippen LogP contribution in [-0.4, -0.2) is 37.1 Å². The zero-order chi connectivity index (χ0) is 24.4. The molecule has 9 heteroatoms. The van der Waals surface area contributed by atoms with E-state index in [9.17, 15) is 9.59 Å². The van der Waals surface area contributed by atoms with Crippen LogP contribution in [0.3, 0.4) is 0 Å². The minimum Gasteiger partial charge on any atom is -0.410 e. The lowest BCUT2D eigenvalue weighted by atomic mass is 10.0. The van der Waals surface area contributed by atoms with Crippen LogP contribution < -0.4 is 10.3 Å². The number of nitrogens with zero attached hydrogens (tertiary/aromatic N) is 5. The summed E-state index contributed by atoms with van der Waals surface area (Å²) in [6.07, 6.45) is 3.31. The van der Waals surface area contributed by atoms with E-state index in [1.807, 2.05) is 36.4 Å². The van der Waals surface area contributed by atoms with Gasteiger partial charge in [-0.25, -0.2) is 9.78 Å². The van der Waals surface area contributed by atoms with E-state index < -0.39 is 12.1 Å². The van der Waals surface area contributed by atoms with Crippen molar-refractivity contribution in [2.24, 2.45) is 0 Å². The Morgan fingerprint density at radius 3 is 2.26 bits per heavy atom. The Morgan fingerprint density at radius 1 is 1.00 bits per heavy atom. The molecule has 4 heterocycles. The molecule has 0 unspecified atom stereocenters. The summed E-state index contributed by atoms with van der Waals surface area (Å²) in [6.45, 7) is 2.36. The SMILES string of the molecule is Cc1nc2c(c(=O)n1C(c1ccccn1)c1ccccn1)CCN(C(=O)Oc1ccc(Br)cc1)C2. The van der Waals surface area contributed by atoms with Gasteiger partial charge < -0.3 is 9.64 Å². The normalized spacial score (nSPS) is 12.9.